The molecule has 0 aliphatic heterocycles. The molecule has 0 bridgehead atoms. The van der Waals surface area contributed by atoms with Gasteiger partial charge >= 0.3 is 0 Å². The highest BCUT2D eigenvalue weighted by atomic mass is 32.2. The molecule has 6 nitrogen and oxygen atoms in total. The molecule has 1 aromatic rings. The van der Waals surface area contributed by atoms with Crippen LogP contribution in [-0.4, -0.2) is 37.7 Å². The summed E-state index contributed by atoms with van der Waals surface area (Å²) in [6, 6.07) is 2.77. The number of sulfonamides is 1. The molecule has 2 unspecified atom stereocenters. The molecule has 0 spiro atoms. The minimum absolute atomic E-state index is 0.0952. The fraction of sp³-hybridized carbons (Fsp3) is 0.636. The maximum atomic E-state index is 12.0. The summed E-state index contributed by atoms with van der Waals surface area (Å²) in [4.78, 5) is 0. The van der Waals surface area contributed by atoms with Gasteiger partial charge in [0.1, 0.15) is 5.76 Å². The van der Waals surface area contributed by atoms with Crippen LogP contribution in [0.2, 0.25) is 0 Å². The molecule has 1 rings (SSSR count). The molecule has 1 heterocycles. The average Bonchev–Trinajstić information content (AvgIpc) is 2.76. The summed E-state index contributed by atoms with van der Waals surface area (Å²) in [5.74, 6) is 1.03. The van der Waals surface area contributed by atoms with Gasteiger partial charge in [-0.05, 0) is 32.5 Å². The van der Waals surface area contributed by atoms with E-state index in [1.807, 2.05) is 0 Å². The van der Waals surface area contributed by atoms with E-state index in [0.29, 0.717) is 24.5 Å². The van der Waals surface area contributed by atoms with Crippen LogP contribution in [0.25, 0.3) is 0 Å². The Kier molecular flexibility index (Phi) is 6.18. The molecule has 2 N–H and O–H groups in total. The normalized spacial score (nSPS) is 15.3. The largest absolute Gasteiger partial charge is 0.447 e. The summed E-state index contributed by atoms with van der Waals surface area (Å²) in [6.07, 6.45) is 2.12. The van der Waals surface area contributed by atoms with Gasteiger partial charge in [0, 0.05) is 28.9 Å². The number of hydrogen-bond donors (Lipinski definition) is 2. The van der Waals surface area contributed by atoms with Gasteiger partial charge in [0.25, 0.3) is 10.0 Å². The first-order chi connectivity index (χ1) is 8.85. The van der Waals surface area contributed by atoms with Crippen LogP contribution in [0, 0.1) is 0 Å². The van der Waals surface area contributed by atoms with Crippen molar-refractivity contribution in [3.05, 3.63) is 17.9 Å². The quantitative estimate of drug-likeness (QED) is 0.727. The average molecular weight is 308 g/mol. The molecule has 0 aromatic carbocycles. The first-order valence-electron chi connectivity index (χ1n) is 5.91. The molecule has 0 saturated carbocycles. The molecule has 1 aromatic heterocycles. The first kappa shape index (κ1) is 16.4. The van der Waals surface area contributed by atoms with Gasteiger partial charge in [-0.1, -0.05) is 0 Å². The maximum absolute atomic E-state index is 12.0. The second-order valence-corrected chi connectivity index (χ2v) is 7.54. The van der Waals surface area contributed by atoms with Crippen molar-refractivity contribution in [1.82, 2.24) is 10.0 Å². The van der Waals surface area contributed by atoms with Gasteiger partial charge < -0.3 is 9.73 Å². The monoisotopic (exact) mass is 308 g/mol. The van der Waals surface area contributed by atoms with Crippen molar-refractivity contribution in [3.8, 4) is 0 Å². The Morgan fingerprint density at radius 1 is 1.42 bits per heavy atom. The lowest BCUT2D eigenvalue weighted by Gasteiger charge is -2.11. The molecule has 8 heteroatoms. The zero-order chi connectivity index (χ0) is 14.5. The highest BCUT2D eigenvalue weighted by Crippen LogP contribution is 2.14. The Morgan fingerprint density at radius 2 is 2.11 bits per heavy atom. The number of furan rings is 1. The highest BCUT2D eigenvalue weighted by molar-refractivity contribution is 7.89. The highest BCUT2D eigenvalue weighted by Gasteiger charge is 2.21. The van der Waals surface area contributed by atoms with Gasteiger partial charge in [-0.2, -0.15) is 0 Å². The Balaban J connectivity index is 2.66. The molecule has 0 fully saturated rings. The van der Waals surface area contributed by atoms with E-state index in [1.165, 1.54) is 6.07 Å². The summed E-state index contributed by atoms with van der Waals surface area (Å²) < 4.78 is 42.7. The van der Waals surface area contributed by atoms with Crippen LogP contribution >= 0.6 is 0 Å². The number of hydrogen-bond acceptors (Lipinski definition) is 5. The van der Waals surface area contributed by atoms with Gasteiger partial charge in [-0.15, -0.1) is 0 Å². The fourth-order valence-electron chi connectivity index (χ4n) is 1.50. The summed E-state index contributed by atoms with van der Waals surface area (Å²) in [6.45, 7) is 2.21. The molecular formula is C11H20N2O4S2. The van der Waals surface area contributed by atoms with Crippen molar-refractivity contribution < 1.29 is 17.0 Å². The van der Waals surface area contributed by atoms with E-state index in [0.717, 1.165) is 0 Å². The standard InChI is InChI=1S/C11H20N2O4S2/c1-9(6-7-18(3)14)13-19(15,16)11-5-4-10(17-11)8-12-2/h4-5,9,12-13H,6-8H2,1-3H3. The van der Waals surface area contributed by atoms with Gasteiger partial charge in [-0.3, -0.25) is 4.21 Å². The summed E-state index contributed by atoms with van der Waals surface area (Å²) in [5.41, 5.74) is 0. The minimum Gasteiger partial charge on any atom is -0.447 e. The van der Waals surface area contributed by atoms with Crippen LogP contribution < -0.4 is 10.0 Å². The molecule has 110 valence electrons. The van der Waals surface area contributed by atoms with E-state index in [4.69, 9.17) is 4.42 Å². The first-order valence-corrected chi connectivity index (χ1v) is 9.12. The van der Waals surface area contributed by atoms with Crippen molar-refractivity contribution in [2.45, 2.75) is 31.0 Å². The van der Waals surface area contributed by atoms with Crippen molar-refractivity contribution in [2.75, 3.05) is 19.1 Å². The van der Waals surface area contributed by atoms with Crippen molar-refractivity contribution in [3.63, 3.8) is 0 Å². The maximum Gasteiger partial charge on any atom is 0.274 e. The lowest BCUT2D eigenvalue weighted by atomic mass is 10.3. The lowest BCUT2D eigenvalue weighted by Crippen LogP contribution is -2.33. The SMILES string of the molecule is CNCc1ccc(S(=O)(=O)NC(C)CCS(C)=O)o1. The third-order valence-corrected chi connectivity index (χ3v) is 4.72. The smallest absolute Gasteiger partial charge is 0.274 e. The Morgan fingerprint density at radius 3 is 2.68 bits per heavy atom. The molecule has 0 saturated heterocycles. The molecular weight excluding hydrogens is 288 g/mol. The van der Waals surface area contributed by atoms with Gasteiger partial charge in [0.15, 0.2) is 0 Å². The topological polar surface area (TPSA) is 88.4 Å². The van der Waals surface area contributed by atoms with Crippen molar-refractivity contribution in [2.24, 2.45) is 0 Å². The summed E-state index contributed by atoms with van der Waals surface area (Å²) in [7, 11) is -2.82. The predicted octanol–water partition coefficient (Wildman–Crippen LogP) is 0.434. The third kappa shape index (κ3) is 5.43. The van der Waals surface area contributed by atoms with E-state index in [-0.39, 0.29) is 11.1 Å². The van der Waals surface area contributed by atoms with Gasteiger partial charge in [0.05, 0.1) is 6.54 Å². The molecule has 0 radical (unpaired) electrons. The zero-order valence-corrected chi connectivity index (χ0v) is 12.9. The van der Waals surface area contributed by atoms with Crippen LogP contribution in [0.3, 0.4) is 0 Å². The zero-order valence-electron chi connectivity index (χ0n) is 11.3. The van der Waals surface area contributed by atoms with E-state index in [2.05, 4.69) is 10.0 Å². The predicted molar refractivity (Wildman–Crippen MR) is 74.8 cm³/mol. The second-order valence-electron chi connectivity index (χ2n) is 4.34. The van der Waals surface area contributed by atoms with E-state index in [1.54, 1.807) is 26.3 Å². The number of rotatable bonds is 8. The Hall–Kier alpha value is -0.700. The molecule has 0 amide bonds. The van der Waals surface area contributed by atoms with Crippen molar-refractivity contribution >= 4 is 20.8 Å². The Bertz CT molecular complexity index is 525. The third-order valence-electron chi connectivity index (χ3n) is 2.45. The van der Waals surface area contributed by atoms with E-state index >= 15 is 0 Å². The molecule has 0 aliphatic carbocycles. The van der Waals surface area contributed by atoms with Crippen LogP contribution in [0.4, 0.5) is 0 Å². The van der Waals surface area contributed by atoms with Crippen LogP contribution in [0.5, 0.6) is 0 Å². The van der Waals surface area contributed by atoms with Crippen LogP contribution in [0.1, 0.15) is 19.1 Å². The minimum atomic E-state index is -3.65. The van der Waals surface area contributed by atoms with E-state index in [9.17, 15) is 12.6 Å². The summed E-state index contributed by atoms with van der Waals surface area (Å²) >= 11 is 0. The lowest BCUT2D eigenvalue weighted by molar-refractivity contribution is 0.402. The number of nitrogens with one attached hydrogen (secondary N) is 2. The Labute approximate surface area is 116 Å². The molecule has 2 atom stereocenters. The van der Waals surface area contributed by atoms with E-state index < -0.39 is 20.8 Å². The summed E-state index contributed by atoms with van der Waals surface area (Å²) in [5, 5.41) is 2.78. The van der Waals surface area contributed by atoms with Gasteiger partial charge in [0.2, 0.25) is 5.09 Å². The molecule has 19 heavy (non-hydrogen) atoms. The van der Waals surface area contributed by atoms with Crippen molar-refractivity contribution in [1.29, 1.82) is 0 Å². The van der Waals surface area contributed by atoms with Crippen LogP contribution in [-0.2, 0) is 27.4 Å². The fourth-order valence-corrected chi connectivity index (χ4v) is 3.41. The van der Waals surface area contributed by atoms with Crippen LogP contribution in [0.15, 0.2) is 21.6 Å². The second kappa shape index (κ2) is 7.18. The van der Waals surface area contributed by atoms with Gasteiger partial charge in [-0.25, -0.2) is 13.1 Å². The molecule has 0 aliphatic rings.